The molecule has 0 radical (unpaired) electrons. The Bertz CT molecular complexity index is 1060. The second kappa shape index (κ2) is 7.81. The summed E-state index contributed by atoms with van der Waals surface area (Å²) in [4.78, 5) is 12.4. The van der Waals surface area contributed by atoms with Crippen molar-refractivity contribution in [3.05, 3.63) is 54.6 Å². The lowest BCUT2D eigenvalue weighted by molar-refractivity contribution is -0.121. The Balaban J connectivity index is 1.42. The van der Waals surface area contributed by atoms with Gasteiger partial charge in [-0.05, 0) is 49.2 Å². The van der Waals surface area contributed by atoms with Crippen LogP contribution in [-0.2, 0) is 27.9 Å². The van der Waals surface area contributed by atoms with Crippen LogP contribution in [0.15, 0.2) is 58.2 Å². The fourth-order valence-electron chi connectivity index (χ4n) is 3.52. The van der Waals surface area contributed by atoms with Gasteiger partial charge in [0.15, 0.2) is 0 Å². The third kappa shape index (κ3) is 3.83. The summed E-state index contributed by atoms with van der Waals surface area (Å²) in [7, 11) is -3.42. The van der Waals surface area contributed by atoms with E-state index in [1.165, 1.54) is 0 Å². The molecular formula is C20H23N3O4S. The summed E-state index contributed by atoms with van der Waals surface area (Å²) < 4.78 is 34.2. The largest absolute Gasteiger partial charge is 0.467 e. The fourth-order valence-corrected chi connectivity index (χ4v) is 5.07. The monoisotopic (exact) mass is 401 g/mol. The molecule has 0 bridgehead atoms. The van der Waals surface area contributed by atoms with Gasteiger partial charge in [0.25, 0.3) is 0 Å². The molecule has 1 amide bonds. The number of aryl methyl sites for hydroxylation is 1. The van der Waals surface area contributed by atoms with E-state index in [0.717, 1.165) is 23.7 Å². The maximum absolute atomic E-state index is 12.7. The lowest BCUT2D eigenvalue weighted by Crippen LogP contribution is -2.27. The van der Waals surface area contributed by atoms with E-state index in [1.54, 1.807) is 28.8 Å². The third-order valence-corrected chi connectivity index (χ3v) is 6.96. The number of furan rings is 1. The van der Waals surface area contributed by atoms with Gasteiger partial charge in [-0.2, -0.15) is 4.31 Å². The minimum atomic E-state index is -3.42. The highest BCUT2D eigenvalue weighted by Crippen LogP contribution is 2.25. The van der Waals surface area contributed by atoms with Crippen molar-refractivity contribution in [2.45, 2.75) is 37.2 Å². The van der Waals surface area contributed by atoms with Crippen LogP contribution in [0.1, 0.15) is 25.0 Å². The first-order valence-electron chi connectivity index (χ1n) is 9.42. The molecule has 0 saturated carbocycles. The van der Waals surface area contributed by atoms with Crippen LogP contribution in [0.25, 0.3) is 10.9 Å². The molecule has 1 aliphatic heterocycles. The maximum atomic E-state index is 12.7. The molecule has 3 aromatic rings. The van der Waals surface area contributed by atoms with Crippen LogP contribution in [0.2, 0.25) is 0 Å². The van der Waals surface area contributed by atoms with Crippen molar-refractivity contribution in [1.82, 2.24) is 14.2 Å². The molecule has 0 unspecified atom stereocenters. The predicted octanol–water partition coefficient (Wildman–Crippen LogP) is 2.73. The molecule has 148 valence electrons. The number of hydrogen-bond acceptors (Lipinski definition) is 4. The van der Waals surface area contributed by atoms with Crippen molar-refractivity contribution >= 4 is 26.8 Å². The van der Waals surface area contributed by atoms with Crippen molar-refractivity contribution in [1.29, 1.82) is 0 Å². The minimum Gasteiger partial charge on any atom is -0.467 e. The average molecular weight is 401 g/mol. The van der Waals surface area contributed by atoms with E-state index in [-0.39, 0.29) is 5.91 Å². The summed E-state index contributed by atoms with van der Waals surface area (Å²) in [5.41, 5.74) is 0.916. The number of carbonyl (C=O) groups excluding carboxylic acids is 1. The van der Waals surface area contributed by atoms with Gasteiger partial charge in [0, 0.05) is 43.2 Å². The second-order valence-corrected chi connectivity index (χ2v) is 8.88. The Kier molecular flexibility index (Phi) is 5.23. The minimum absolute atomic E-state index is 0.0634. The first kappa shape index (κ1) is 18.8. The topological polar surface area (TPSA) is 84.5 Å². The lowest BCUT2D eigenvalue weighted by atomic mass is 10.2. The van der Waals surface area contributed by atoms with E-state index in [0.29, 0.717) is 43.3 Å². The number of nitrogens with one attached hydrogen (secondary N) is 1. The maximum Gasteiger partial charge on any atom is 0.243 e. The van der Waals surface area contributed by atoms with E-state index in [1.807, 2.05) is 29.0 Å². The van der Waals surface area contributed by atoms with E-state index in [4.69, 9.17) is 4.42 Å². The Morgan fingerprint density at radius 3 is 2.71 bits per heavy atom. The number of amides is 1. The van der Waals surface area contributed by atoms with Crippen LogP contribution in [0, 0.1) is 0 Å². The Morgan fingerprint density at radius 2 is 1.96 bits per heavy atom. The van der Waals surface area contributed by atoms with E-state index >= 15 is 0 Å². The van der Waals surface area contributed by atoms with Crippen molar-refractivity contribution < 1.29 is 17.6 Å². The van der Waals surface area contributed by atoms with Gasteiger partial charge in [-0.3, -0.25) is 4.79 Å². The molecule has 2 aromatic heterocycles. The van der Waals surface area contributed by atoms with Gasteiger partial charge in [0.05, 0.1) is 17.7 Å². The van der Waals surface area contributed by atoms with E-state index in [9.17, 15) is 13.2 Å². The zero-order valence-corrected chi connectivity index (χ0v) is 16.3. The molecule has 0 atom stereocenters. The summed E-state index contributed by atoms with van der Waals surface area (Å²) in [5.74, 6) is 0.651. The van der Waals surface area contributed by atoms with Crippen LogP contribution in [0.3, 0.4) is 0 Å². The second-order valence-electron chi connectivity index (χ2n) is 6.95. The highest BCUT2D eigenvalue weighted by atomic mass is 32.2. The molecule has 0 aliphatic carbocycles. The van der Waals surface area contributed by atoms with Crippen LogP contribution in [0.5, 0.6) is 0 Å². The van der Waals surface area contributed by atoms with Gasteiger partial charge in [-0.1, -0.05) is 0 Å². The van der Waals surface area contributed by atoms with Gasteiger partial charge < -0.3 is 14.3 Å². The van der Waals surface area contributed by atoms with Gasteiger partial charge in [0.2, 0.25) is 15.9 Å². The number of sulfonamides is 1. The van der Waals surface area contributed by atoms with Crippen molar-refractivity contribution in [3.8, 4) is 0 Å². The first-order chi connectivity index (χ1) is 13.5. The van der Waals surface area contributed by atoms with Gasteiger partial charge in [-0.25, -0.2) is 8.42 Å². The van der Waals surface area contributed by atoms with Gasteiger partial charge >= 0.3 is 0 Å². The number of hydrogen-bond donors (Lipinski definition) is 1. The summed E-state index contributed by atoms with van der Waals surface area (Å²) in [6, 6.07) is 10.7. The molecule has 28 heavy (non-hydrogen) atoms. The molecule has 8 heteroatoms. The Morgan fingerprint density at radius 1 is 1.14 bits per heavy atom. The molecule has 0 spiro atoms. The molecule has 1 N–H and O–H groups in total. The van der Waals surface area contributed by atoms with Crippen LogP contribution in [0.4, 0.5) is 0 Å². The number of aromatic nitrogens is 1. The SMILES string of the molecule is O=C(CCn1ccc2cc(S(=O)(=O)N3CCCC3)ccc21)NCc1ccco1. The molecular weight excluding hydrogens is 378 g/mol. The molecule has 4 rings (SSSR count). The number of benzene rings is 1. The number of carbonyl (C=O) groups is 1. The standard InChI is InChI=1S/C20H23N3O4S/c24-20(21-15-17-4-3-13-27-17)8-12-22-11-7-16-14-18(5-6-19(16)22)28(25,26)23-9-1-2-10-23/h3-7,11,13-14H,1-2,8-10,12,15H2,(H,21,24). The van der Waals surface area contributed by atoms with Crippen molar-refractivity contribution in [3.63, 3.8) is 0 Å². The molecule has 3 heterocycles. The molecule has 1 saturated heterocycles. The average Bonchev–Trinajstić information content (AvgIpc) is 3.46. The first-order valence-corrected chi connectivity index (χ1v) is 10.9. The number of rotatable bonds is 7. The third-order valence-electron chi connectivity index (χ3n) is 5.06. The summed E-state index contributed by atoms with van der Waals surface area (Å²) >= 11 is 0. The molecule has 1 aromatic carbocycles. The van der Waals surface area contributed by atoms with Gasteiger partial charge in [-0.15, -0.1) is 0 Å². The predicted molar refractivity (Wildman–Crippen MR) is 105 cm³/mol. The number of nitrogens with zero attached hydrogens (tertiary/aromatic N) is 2. The number of fused-ring (bicyclic) bond motifs is 1. The van der Waals surface area contributed by atoms with Crippen molar-refractivity contribution in [2.24, 2.45) is 0 Å². The lowest BCUT2D eigenvalue weighted by Gasteiger charge is -2.15. The smallest absolute Gasteiger partial charge is 0.243 e. The van der Waals surface area contributed by atoms with Crippen LogP contribution < -0.4 is 5.32 Å². The zero-order chi connectivity index (χ0) is 19.6. The normalized spacial score (nSPS) is 15.3. The van der Waals surface area contributed by atoms with Gasteiger partial charge in [0.1, 0.15) is 5.76 Å². The van der Waals surface area contributed by atoms with E-state index in [2.05, 4.69) is 5.32 Å². The Labute approximate surface area is 164 Å². The van der Waals surface area contributed by atoms with Crippen LogP contribution >= 0.6 is 0 Å². The van der Waals surface area contributed by atoms with E-state index < -0.39 is 10.0 Å². The zero-order valence-electron chi connectivity index (χ0n) is 15.5. The quantitative estimate of drug-likeness (QED) is 0.660. The summed E-state index contributed by atoms with van der Waals surface area (Å²) in [5, 5.41) is 3.68. The molecule has 1 aliphatic rings. The highest BCUT2D eigenvalue weighted by molar-refractivity contribution is 7.89. The summed E-state index contributed by atoms with van der Waals surface area (Å²) in [6.45, 7) is 2.07. The molecule has 7 nitrogen and oxygen atoms in total. The highest BCUT2D eigenvalue weighted by Gasteiger charge is 2.27. The summed E-state index contributed by atoms with van der Waals surface area (Å²) in [6.07, 6.45) is 5.63. The van der Waals surface area contributed by atoms with Crippen molar-refractivity contribution in [2.75, 3.05) is 13.1 Å². The fraction of sp³-hybridized carbons (Fsp3) is 0.350. The Hall–Kier alpha value is -2.58. The molecule has 1 fully saturated rings. The van der Waals surface area contributed by atoms with Crippen LogP contribution in [-0.4, -0.2) is 36.3 Å².